The van der Waals surface area contributed by atoms with Crippen molar-refractivity contribution in [2.45, 2.75) is 26.7 Å². The molecule has 2 aromatic rings. The highest BCUT2D eigenvalue weighted by molar-refractivity contribution is 7.92. The highest BCUT2D eigenvalue weighted by atomic mass is 32.2. The summed E-state index contributed by atoms with van der Waals surface area (Å²) in [6.07, 6.45) is 2.88. The molecule has 7 nitrogen and oxygen atoms in total. The number of hydrogen-bond acceptors (Lipinski definition) is 6. The van der Waals surface area contributed by atoms with E-state index in [1.54, 1.807) is 12.1 Å². The Morgan fingerprint density at radius 1 is 1.36 bits per heavy atom. The van der Waals surface area contributed by atoms with Crippen molar-refractivity contribution in [3.63, 3.8) is 0 Å². The molecule has 0 aliphatic heterocycles. The van der Waals surface area contributed by atoms with Crippen LogP contribution in [0, 0.1) is 6.92 Å². The second-order valence-electron chi connectivity index (χ2n) is 5.52. The fourth-order valence-electron chi connectivity index (χ4n) is 2.22. The molecule has 0 aliphatic rings. The number of nitrogens with zero attached hydrogens (tertiary/aromatic N) is 1. The highest BCUT2D eigenvalue weighted by Gasteiger charge is 2.16. The summed E-state index contributed by atoms with van der Waals surface area (Å²) in [6.45, 7) is 3.87. The lowest BCUT2D eigenvalue weighted by Crippen LogP contribution is -2.13. The summed E-state index contributed by atoms with van der Waals surface area (Å²) in [7, 11) is -1.99. The van der Waals surface area contributed by atoms with Crippen LogP contribution in [0.1, 0.15) is 33.7 Å². The number of amides is 1. The van der Waals surface area contributed by atoms with Crippen LogP contribution in [0.5, 0.6) is 5.75 Å². The Labute approximate surface area is 151 Å². The van der Waals surface area contributed by atoms with E-state index in [0.717, 1.165) is 24.1 Å². The van der Waals surface area contributed by atoms with Crippen molar-refractivity contribution < 1.29 is 17.9 Å². The fourth-order valence-corrected chi connectivity index (χ4v) is 3.85. The second-order valence-corrected chi connectivity index (χ2v) is 8.35. The van der Waals surface area contributed by atoms with E-state index in [1.807, 2.05) is 6.92 Å². The Balaban J connectivity index is 2.21. The first kappa shape index (κ1) is 19.2. The summed E-state index contributed by atoms with van der Waals surface area (Å²) in [4.78, 5) is 17.5. The largest absolute Gasteiger partial charge is 0.494 e. The molecule has 9 heteroatoms. The van der Waals surface area contributed by atoms with Gasteiger partial charge in [-0.15, -0.1) is 11.3 Å². The lowest BCUT2D eigenvalue weighted by molar-refractivity contribution is 0.103. The maximum absolute atomic E-state index is 12.5. The standard InChI is InChI=1S/C16H21N3O4S2/c1-5-6-14-17-10(2)15(24-14)16(20)18-11-7-8-12(13(9-11)23-3)19-25(4,21)22/h7-9,19H,5-6H2,1-4H3,(H,18,20). The third kappa shape index (κ3) is 5.17. The number of anilines is 2. The monoisotopic (exact) mass is 383 g/mol. The average Bonchev–Trinajstić information content (AvgIpc) is 2.88. The Morgan fingerprint density at radius 3 is 2.68 bits per heavy atom. The van der Waals surface area contributed by atoms with Crippen LogP contribution in [0.4, 0.5) is 11.4 Å². The molecule has 136 valence electrons. The molecule has 0 bridgehead atoms. The van der Waals surface area contributed by atoms with Crippen LogP contribution in [0.15, 0.2) is 18.2 Å². The van der Waals surface area contributed by atoms with Gasteiger partial charge in [0.15, 0.2) is 0 Å². The highest BCUT2D eigenvalue weighted by Crippen LogP contribution is 2.29. The smallest absolute Gasteiger partial charge is 0.267 e. The molecule has 0 spiro atoms. The third-order valence-corrected chi connectivity index (χ3v) is 5.07. The van der Waals surface area contributed by atoms with E-state index in [9.17, 15) is 13.2 Å². The molecule has 25 heavy (non-hydrogen) atoms. The lowest BCUT2D eigenvalue weighted by atomic mass is 10.2. The number of rotatable bonds is 7. The number of hydrogen-bond donors (Lipinski definition) is 2. The molecular formula is C16H21N3O4S2. The van der Waals surface area contributed by atoms with Gasteiger partial charge in [0.1, 0.15) is 10.6 Å². The van der Waals surface area contributed by atoms with Crippen LogP contribution < -0.4 is 14.8 Å². The van der Waals surface area contributed by atoms with Gasteiger partial charge in [-0.2, -0.15) is 0 Å². The van der Waals surface area contributed by atoms with Crippen LogP contribution in [0.2, 0.25) is 0 Å². The van der Waals surface area contributed by atoms with E-state index in [1.165, 1.54) is 24.5 Å². The molecule has 0 saturated carbocycles. The molecule has 1 aromatic carbocycles. The number of benzene rings is 1. The van der Waals surface area contributed by atoms with E-state index in [4.69, 9.17) is 4.74 Å². The van der Waals surface area contributed by atoms with Crippen molar-refractivity contribution in [2.75, 3.05) is 23.4 Å². The zero-order valence-corrected chi connectivity index (χ0v) is 16.2. The predicted octanol–water partition coefficient (Wildman–Crippen LogP) is 3.04. The summed E-state index contributed by atoms with van der Waals surface area (Å²) in [5.74, 6) is 0.0687. The van der Waals surface area contributed by atoms with Gasteiger partial charge in [0.2, 0.25) is 10.0 Å². The number of thiazole rings is 1. The van der Waals surface area contributed by atoms with Gasteiger partial charge in [0.25, 0.3) is 5.91 Å². The molecular weight excluding hydrogens is 362 g/mol. The number of methoxy groups -OCH3 is 1. The van der Waals surface area contributed by atoms with Crippen molar-refractivity contribution >= 4 is 38.6 Å². The Bertz CT molecular complexity index is 876. The Hall–Kier alpha value is -2.13. The molecule has 1 amide bonds. The van der Waals surface area contributed by atoms with Crippen LogP contribution >= 0.6 is 11.3 Å². The van der Waals surface area contributed by atoms with Crippen LogP contribution in [0.3, 0.4) is 0 Å². The summed E-state index contributed by atoms with van der Waals surface area (Å²) in [5.41, 5.74) is 1.52. The summed E-state index contributed by atoms with van der Waals surface area (Å²) in [5, 5.41) is 3.73. The zero-order chi connectivity index (χ0) is 18.6. The quantitative estimate of drug-likeness (QED) is 0.766. The summed E-state index contributed by atoms with van der Waals surface area (Å²) >= 11 is 1.39. The van der Waals surface area contributed by atoms with Gasteiger partial charge in [-0.05, 0) is 31.9 Å². The van der Waals surface area contributed by atoms with Crippen molar-refractivity contribution in [2.24, 2.45) is 0 Å². The minimum atomic E-state index is -3.42. The van der Waals surface area contributed by atoms with Crippen LogP contribution in [-0.2, 0) is 16.4 Å². The van der Waals surface area contributed by atoms with Gasteiger partial charge in [-0.3, -0.25) is 9.52 Å². The molecule has 0 unspecified atom stereocenters. The first-order chi connectivity index (χ1) is 11.7. The molecule has 2 rings (SSSR count). The minimum absolute atomic E-state index is 0.247. The van der Waals surface area contributed by atoms with Gasteiger partial charge in [0, 0.05) is 11.8 Å². The van der Waals surface area contributed by atoms with E-state index in [-0.39, 0.29) is 5.91 Å². The molecule has 1 aromatic heterocycles. The number of carbonyl (C=O) groups is 1. The van der Waals surface area contributed by atoms with E-state index < -0.39 is 10.0 Å². The van der Waals surface area contributed by atoms with Gasteiger partial charge < -0.3 is 10.1 Å². The number of sulfonamides is 1. The summed E-state index contributed by atoms with van der Waals surface area (Å²) in [6, 6.07) is 4.71. The number of carbonyl (C=O) groups excluding carboxylic acids is 1. The molecule has 1 heterocycles. The Morgan fingerprint density at radius 2 is 2.08 bits per heavy atom. The number of aromatic nitrogens is 1. The van der Waals surface area contributed by atoms with Crippen molar-refractivity contribution in [3.05, 3.63) is 33.8 Å². The van der Waals surface area contributed by atoms with Gasteiger partial charge in [-0.1, -0.05) is 6.92 Å². The normalized spacial score (nSPS) is 11.2. The van der Waals surface area contributed by atoms with Gasteiger partial charge in [-0.25, -0.2) is 13.4 Å². The maximum atomic E-state index is 12.5. The van der Waals surface area contributed by atoms with Gasteiger partial charge in [0.05, 0.1) is 29.8 Å². The van der Waals surface area contributed by atoms with Crippen LogP contribution in [0.25, 0.3) is 0 Å². The maximum Gasteiger partial charge on any atom is 0.267 e. The molecule has 0 fully saturated rings. The molecule has 0 saturated heterocycles. The minimum Gasteiger partial charge on any atom is -0.494 e. The number of nitrogens with one attached hydrogen (secondary N) is 2. The number of ether oxygens (including phenoxy) is 1. The zero-order valence-electron chi connectivity index (χ0n) is 14.5. The molecule has 2 N–H and O–H groups in total. The third-order valence-electron chi connectivity index (χ3n) is 3.27. The fraction of sp³-hybridized carbons (Fsp3) is 0.375. The summed E-state index contributed by atoms with van der Waals surface area (Å²) < 4.78 is 30.3. The van der Waals surface area contributed by atoms with E-state index >= 15 is 0 Å². The second kappa shape index (κ2) is 7.83. The van der Waals surface area contributed by atoms with Crippen LogP contribution in [-0.4, -0.2) is 32.7 Å². The molecule has 0 atom stereocenters. The lowest BCUT2D eigenvalue weighted by Gasteiger charge is -2.12. The average molecular weight is 383 g/mol. The van der Waals surface area contributed by atoms with E-state index in [0.29, 0.717) is 27.7 Å². The Kier molecular flexibility index (Phi) is 6.02. The molecule has 0 aliphatic carbocycles. The first-order valence-electron chi connectivity index (χ1n) is 7.67. The van der Waals surface area contributed by atoms with Gasteiger partial charge >= 0.3 is 0 Å². The van der Waals surface area contributed by atoms with Crippen molar-refractivity contribution in [1.82, 2.24) is 4.98 Å². The first-order valence-corrected chi connectivity index (χ1v) is 10.4. The predicted molar refractivity (Wildman–Crippen MR) is 100 cm³/mol. The van der Waals surface area contributed by atoms with Crippen molar-refractivity contribution in [1.29, 1.82) is 0 Å². The van der Waals surface area contributed by atoms with E-state index in [2.05, 4.69) is 21.9 Å². The molecule has 0 radical (unpaired) electrons. The number of aryl methyl sites for hydroxylation is 2. The topological polar surface area (TPSA) is 97.4 Å². The van der Waals surface area contributed by atoms with Crippen molar-refractivity contribution in [3.8, 4) is 5.75 Å². The SMILES string of the molecule is CCCc1nc(C)c(C(=O)Nc2ccc(NS(C)(=O)=O)c(OC)c2)s1.